The summed E-state index contributed by atoms with van der Waals surface area (Å²) < 4.78 is 2.03. The van der Waals surface area contributed by atoms with Gasteiger partial charge in [-0.25, -0.2) is 0 Å². The summed E-state index contributed by atoms with van der Waals surface area (Å²) in [5.41, 5.74) is 5.58. The normalized spacial score (nSPS) is 10.8. The fourth-order valence-corrected chi connectivity index (χ4v) is 3.17. The van der Waals surface area contributed by atoms with Crippen molar-refractivity contribution in [3.63, 3.8) is 0 Å². The molecule has 2 heterocycles. The van der Waals surface area contributed by atoms with Gasteiger partial charge in [-0.1, -0.05) is 0 Å². The SMILES string of the molecule is Nc1cc2sc(C(=O)CO)cc2s1. The molecule has 3 nitrogen and oxygen atoms in total. The van der Waals surface area contributed by atoms with Gasteiger partial charge in [0, 0.05) is 9.40 Å². The smallest absolute Gasteiger partial charge is 0.198 e. The van der Waals surface area contributed by atoms with E-state index in [2.05, 4.69) is 0 Å². The average molecular weight is 213 g/mol. The number of Topliss-reactive ketones (excluding diaryl/α,β-unsaturated/α-hetero) is 1. The topological polar surface area (TPSA) is 63.3 Å². The monoisotopic (exact) mass is 213 g/mol. The highest BCUT2D eigenvalue weighted by Gasteiger charge is 2.10. The Kier molecular flexibility index (Phi) is 2.07. The largest absolute Gasteiger partial charge is 0.391 e. The Balaban J connectivity index is 2.51. The van der Waals surface area contributed by atoms with Gasteiger partial charge in [-0.3, -0.25) is 4.79 Å². The lowest BCUT2D eigenvalue weighted by Gasteiger charge is -1.87. The molecule has 0 aromatic carbocycles. The number of anilines is 1. The summed E-state index contributed by atoms with van der Waals surface area (Å²) >= 11 is 2.83. The number of hydrogen-bond donors (Lipinski definition) is 2. The Morgan fingerprint density at radius 2 is 2.08 bits per heavy atom. The van der Waals surface area contributed by atoms with Crippen molar-refractivity contribution in [2.45, 2.75) is 0 Å². The molecule has 13 heavy (non-hydrogen) atoms. The molecule has 0 aliphatic heterocycles. The molecule has 2 aromatic rings. The van der Waals surface area contributed by atoms with Crippen LogP contribution in [0.3, 0.4) is 0 Å². The third-order valence-corrected chi connectivity index (χ3v) is 3.81. The van der Waals surface area contributed by atoms with Gasteiger partial charge in [0.2, 0.25) is 0 Å². The number of carbonyl (C=O) groups is 1. The Morgan fingerprint density at radius 1 is 1.38 bits per heavy atom. The van der Waals surface area contributed by atoms with Crippen LogP contribution in [0.4, 0.5) is 5.00 Å². The first-order valence-electron chi connectivity index (χ1n) is 3.63. The van der Waals surface area contributed by atoms with Crippen LogP contribution in [0.2, 0.25) is 0 Å². The molecule has 68 valence electrons. The van der Waals surface area contributed by atoms with E-state index < -0.39 is 6.61 Å². The summed E-state index contributed by atoms with van der Waals surface area (Å²) in [7, 11) is 0. The summed E-state index contributed by atoms with van der Waals surface area (Å²) in [5, 5.41) is 9.40. The second-order valence-corrected chi connectivity index (χ2v) is 4.77. The van der Waals surface area contributed by atoms with Crippen molar-refractivity contribution in [1.29, 1.82) is 0 Å². The minimum atomic E-state index is -0.427. The van der Waals surface area contributed by atoms with Gasteiger partial charge in [-0.05, 0) is 12.1 Å². The van der Waals surface area contributed by atoms with E-state index >= 15 is 0 Å². The molecule has 0 saturated heterocycles. The maximum atomic E-state index is 11.1. The molecule has 0 unspecified atom stereocenters. The van der Waals surface area contributed by atoms with Crippen LogP contribution in [0.5, 0.6) is 0 Å². The number of rotatable bonds is 2. The van der Waals surface area contributed by atoms with E-state index in [1.54, 1.807) is 6.07 Å². The number of carbonyl (C=O) groups excluding carboxylic acids is 1. The van der Waals surface area contributed by atoms with Crippen molar-refractivity contribution in [1.82, 2.24) is 0 Å². The molecule has 0 atom stereocenters. The molecule has 0 aliphatic carbocycles. The van der Waals surface area contributed by atoms with Crippen molar-refractivity contribution in [3.05, 3.63) is 17.0 Å². The first-order valence-corrected chi connectivity index (χ1v) is 5.27. The standard InChI is InChI=1S/C8H7NO2S2/c9-8-2-7-6(13-8)1-5(12-7)4(11)3-10/h1-2,10H,3,9H2. The number of aliphatic hydroxyl groups excluding tert-OH is 1. The first-order chi connectivity index (χ1) is 6.20. The minimum absolute atomic E-state index is 0.230. The maximum Gasteiger partial charge on any atom is 0.198 e. The lowest BCUT2D eigenvalue weighted by molar-refractivity contribution is 0.0908. The fourth-order valence-electron chi connectivity index (χ4n) is 1.07. The number of aliphatic hydroxyl groups is 1. The molecule has 0 spiro atoms. The summed E-state index contributed by atoms with van der Waals surface area (Å²) in [6.07, 6.45) is 0. The zero-order valence-corrected chi connectivity index (χ0v) is 8.24. The highest BCUT2D eigenvalue weighted by Crippen LogP contribution is 2.34. The van der Waals surface area contributed by atoms with E-state index in [1.165, 1.54) is 22.7 Å². The van der Waals surface area contributed by atoms with Gasteiger partial charge in [-0.15, -0.1) is 22.7 Å². The van der Waals surface area contributed by atoms with Gasteiger partial charge in [0.25, 0.3) is 0 Å². The van der Waals surface area contributed by atoms with E-state index in [0.717, 1.165) is 14.4 Å². The Morgan fingerprint density at radius 3 is 2.69 bits per heavy atom. The van der Waals surface area contributed by atoms with E-state index in [1.807, 2.05) is 6.07 Å². The van der Waals surface area contributed by atoms with Crippen molar-refractivity contribution in [2.24, 2.45) is 0 Å². The summed E-state index contributed by atoms with van der Waals surface area (Å²) in [5.74, 6) is -0.230. The molecule has 0 bridgehead atoms. The van der Waals surface area contributed by atoms with Crippen LogP contribution in [-0.4, -0.2) is 17.5 Å². The van der Waals surface area contributed by atoms with Gasteiger partial charge in [-0.2, -0.15) is 0 Å². The van der Waals surface area contributed by atoms with Gasteiger partial charge in [0.15, 0.2) is 5.78 Å². The number of fused-ring (bicyclic) bond motifs is 1. The molecule has 0 aliphatic rings. The van der Waals surface area contributed by atoms with Crippen molar-refractivity contribution >= 4 is 42.9 Å². The van der Waals surface area contributed by atoms with Gasteiger partial charge < -0.3 is 10.8 Å². The van der Waals surface area contributed by atoms with Gasteiger partial charge in [0.1, 0.15) is 6.61 Å². The summed E-state index contributed by atoms with van der Waals surface area (Å²) in [6.45, 7) is -0.427. The second-order valence-electron chi connectivity index (χ2n) is 2.57. The molecule has 0 fully saturated rings. The Labute approximate surface area is 82.4 Å². The predicted octanol–water partition coefficient (Wildman–Crippen LogP) is 1.72. The van der Waals surface area contributed by atoms with Crippen LogP contribution in [0.25, 0.3) is 9.40 Å². The molecule has 5 heteroatoms. The molecule has 2 aromatic heterocycles. The van der Waals surface area contributed by atoms with Crippen LogP contribution >= 0.6 is 22.7 Å². The van der Waals surface area contributed by atoms with Crippen LogP contribution in [-0.2, 0) is 0 Å². The van der Waals surface area contributed by atoms with Crippen LogP contribution in [0, 0.1) is 0 Å². The third-order valence-electron chi connectivity index (χ3n) is 1.64. The van der Waals surface area contributed by atoms with Crippen molar-refractivity contribution < 1.29 is 9.90 Å². The van der Waals surface area contributed by atoms with Crippen LogP contribution in [0.1, 0.15) is 9.67 Å². The Hall–Kier alpha value is -0.910. The summed E-state index contributed by atoms with van der Waals surface area (Å²) in [4.78, 5) is 11.7. The zero-order valence-electron chi connectivity index (χ0n) is 6.61. The highest BCUT2D eigenvalue weighted by atomic mass is 32.1. The van der Waals surface area contributed by atoms with Gasteiger partial charge >= 0.3 is 0 Å². The molecule has 2 rings (SSSR count). The average Bonchev–Trinajstić information content (AvgIpc) is 2.59. The summed E-state index contributed by atoms with van der Waals surface area (Å²) in [6, 6.07) is 3.62. The van der Waals surface area contributed by atoms with E-state index in [9.17, 15) is 4.79 Å². The van der Waals surface area contributed by atoms with E-state index in [-0.39, 0.29) is 5.78 Å². The van der Waals surface area contributed by atoms with Gasteiger partial charge in [0.05, 0.1) is 9.88 Å². The van der Waals surface area contributed by atoms with Crippen LogP contribution < -0.4 is 5.73 Å². The lowest BCUT2D eigenvalue weighted by Crippen LogP contribution is -2.00. The molecular weight excluding hydrogens is 206 g/mol. The quantitative estimate of drug-likeness (QED) is 0.747. The lowest BCUT2D eigenvalue weighted by atomic mass is 10.3. The van der Waals surface area contributed by atoms with E-state index in [0.29, 0.717) is 4.88 Å². The number of nitrogens with two attached hydrogens (primary N) is 1. The molecule has 0 radical (unpaired) electrons. The fraction of sp³-hybridized carbons (Fsp3) is 0.125. The zero-order chi connectivity index (χ0) is 9.42. The second kappa shape index (κ2) is 3.10. The molecular formula is C8H7NO2S2. The predicted molar refractivity (Wildman–Crippen MR) is 55.5 cm³/mol. The number of hydrogen-bond acceptors (Lipinski definition) is 5. The third kappa shape index (κ3) is 1.46. The number of thiophene rings is 2. The van der Waals surface area contributed by atoms with Crippen molar-refractivity contribution in [2.75, 3.05) is 12.3 Å². The molecule has 0 amide bonds. The number of nitrogen functional groups attached to an aromatic ring is 1. The van der Waals surface area contributed by atoms with Crippen LogP contribution in [0.15, 0.2) is 12.1 Å². The molecule has 3 N–H and O–H groups in total. The maximum absolute atomic E-state index is 11.1. The Bertz CT molecular complexity index is 426. The number of ketones is 1. The minimum Gasteiger partial charge on any atom is -0.391 e. The highest BCUT2D eigenvalue weighted by molar-refractivity contribution is 7.30. The molecule has 0 saturated carbocycles. The first kappa shape index (κ1) is 8.68. The van der Waals surface area contributed by atoms with Crippen molar-refractivity contribution in [3.8, 4) is 0 Å². The van der Waals surface area contributed by atoms with E-state index in [4.69, 9.17) is 10.8 Å².